The highest BCUT2D eigenvalue weighted by atomic mass is 16.5. The van der Waals surface area contributed by atoms with Gasteiger partial charge in [-0.1, -0.05) is 38.1 Å². The van der Waals surface area contributed by atoms with Crippen LogP contribution in [0, 0.1) is 0 Å². The first-order valence-corrected chi connectivity index (χ1v) is 8.05. The minimum atomic E-state index is -0.462. The summed E-state index contributed by atoms with van der Waals surface area (Å²) in [6, 6.07) is 7.87. The van der Waals surface area contributed by atoms with Crippen LogP contribution in [0.4, 0.5) is 5.95 Å². The standard InChI is InChI=1S/C17H23N5O2/c1-11(23)9-18-16-19-12-7-5-6-8-13(12)22(16)10-14-20-15(24-21-14)17(2,3)4/h5-8,11,23H,9-10H2,1-4H3,(H,18,19). The fourth-order valence-corrected chi connectivity index (χ4v) is 2.37. The third-order valence-electron chi connectivity index (χ3n) is 3.62. The number of nitrogens with one attached hydrogen (secondary N) is 1. The van der Waals surface area contributed by atoms with Crippen LogP contribution >= 0.6 is 0 Å². The van der Waals surface area contributed by atoms with Crippen LogP contribution in [0.3, 0.4) is 0 Å². The molecular formula is C17H23N5O2. The smallest absolute Gasteiger partial charge is 0.232 e. The predicted molar refractivity (Wildman–Crippen MR) is 92.0 cm³/mol. The Labute approximate surface area is 140 Å². The van der Waals surface area contributed by atoms with Gasteiger partial charge in [-0.25, -0.2) is 4.98 Å². The lowest BCUT2D eigenvalue weighted by Gasteiger charge is -2.11. The molecule has 3 aromatic rings. The Balaban J connectivity index is 1.94. The van der Waals surface area contributed by atoms with Crippen molar-refractivity contribution in [1.82, 2.24) is 19.7 Å². The molecule has 0 aliphatic carbocycles. The van der Waals surface area contributed by atoms with Crippen molar-refractivity contribution >= 4 is 17.0 Å². The summed E-state index contributed by atoms with van der Waals surface area (Å²) in [5, 5.41) is 16.8. The summed E-state index contributed by atoms with van der Waals surface area (Å²) < 4.78 is 7.37. The van der Waals surface area contributed by atoms with Gasteiger partial charge in [0.2, 0.25) is 11.8 Å². The highest BCUT2D eigenvalue weighted by Gasteiger charge is 2.22. The lowest BCUT2D eigenvalue weighted by Crippen LogP contribution is -2.18. The fourth-order valence-electron chi connectivity index (χ4n) is 2.37. The van der Waals surface area contributed by atoms with Crippen LogP contribution in [0.5, 0.6) is 0 Å². The van der Waals surface area contributed by atoms with Crippen molar-refractivity contribution in [2.45, 2.75) is 45.8 Å². The number of para-hydroxylation sites is 2. The zero-order valence-corrected chi connectivity index (χ0v) is 14.4. The number of aliphatic hydroxyl groups is 1. The minimum Gasteiger partial charge on any atom is -0.392 e. The Morgan fingerprint density at radius 1 is 1.25 bits per heavy atom. The number of hydrogen-bond donors (Lipinski definition) is 2. The molecule has 7 nitrogen and oxygen atoms in total. The summed E-state index contributed by atoms with van der Waals surface area (Å²) in [5.41, 5.74) is 1.67. The first-order valence-electron chi connectivity index (χ1n) is 8.05. The molecule has 1 atom stereocenters. The van der Waals surface area contributed by atoms with Crippen LogP contribution in [0.15, 0.2) is 28.8 Å². The highest BCUT2D eigenvalue weighted by Crippen LogP contribution is 2.23. The number of aliphatic hydroxyl groups excluding tert-OH is 1. The predicted octanol–water partition coefficient (Wildman–Crippen LogP) is 2.56. The van der Waals surface area contributed by atoms with Gasteiger partial charge >= 0.3 is 0 Å². The maximum Gasteiger partial charge on any atom is 0.232 e. The first kappa shape index (κ1) is 16.4. The van der Waals surface area contributed by atoms with Gasteiger partial charge in [-0.2, -0.15) is 4.98 Å². The highest BCUT2D eigenvalue weighted by molar-refractivity contribution is 5.78. The topological polar surface area (TPSA) is 89.0 Å². The Bertz CT molecular complexity index is 829. The number of imidazole rings is 1. The molecule has 0 fully saturated rings. The van der Waals surface area contributed by atoms with E-state index in [1.807, 2.05) is 49.6 Å². The van der Waals surface area contributed by atoms with Gasteiger partial charge in [-0.05, 0) is 19.1 Å². The second kappa shape index (κ2) is 6.24. The number of fused-ring (bicyclic) bond motifs is 1. The maximum atomic E-state index is 9.52. The molecule has 0 amide bonds. The molecule has 2 N–H and O–H groups in total. The lowest BCUT2D eigenvalue weighted by molar-refractivity contribution is 0.208. The van der Waals surface area contributed by atoms with Crippen molar-refractivity contribution in [3.63, 3.8) is 0 Å². The number of hydrogen-bond acceptors (Lipinski definition) is 6. The number of benzene rings is 1. The quantitative estimate of drug-likeness (QED) is 0.748. The van der Waals surface area contributed by atoms with Crippen molar-refractivity contribution in [3.8, 4) is 0 Å². The molecule has 0 radical (unpaired) electrons. The van der Waals surface area contributed by atoms with Crippen LogP contribution in [0.1, 0.15) is 39.4 Å². The van der Waals surface area contributed by atoms with E-state index in [1.54, 1.807) is 6.92 Å². The Morgan fingerprint density at radius 2 is 2.00 bits per heavy atom. The number of anilines is 1. The maximum absolute atomic E-state index is 9.52. The molecule has 0 saturated heterocycles. The second-order valence-corrected chi connectivity index (χ2v) is 7.01. The molecule has 0 aliphatic rings. The van der Waals surface area contributed by atoms with Crippen LogP contribution in [0.25, 0.3) is 11.0 Å². The van der Waals surface area contributed by atoms with E-state index < -0.39 is 6.10 Å². The Hall–Kier alpha value is -2.41. The molecule has 2 aromatic heterocycles. The Morgan fingerprint density at radius 3 is 2.67 bits per heavy atom. The first-order chi connectivity index (χ1) is 11.3. The molecule has 0 saturated carbocycles. The molecule has 2 heterocycles. The summed E-state index contributed by atoms with van der Waals surface area (Å²) in [4.78, 5) is 9.09. The molecule has 0 bridgehead atoms. The average Bonchev–Trinajstić information content (AvgIpc) is 3.11. The van der Waals surface area contributed by atoms with E-state index in [0.29, 0.717) is 30.8 Å². The van der Waals surface area contributed by atoms with Crippen LogP contribution < -0.4 is 5.32 Å². The summed E-state index contributed by atoms with van der Waals surface area (Å²) in [6.45, 7) is 8.70. The number of rotatable bonds is 5. The summed E-state index contributed by atoms with van der Waals surface area (Å²) in [5.74, 6) is 1.89. The van der Waals surface area contributed by atoms with E-state index in [1.165, 1.54) is 0 Å². The molecule has 7 heteroatoms. The van der Waals surface area contributed by atoms with Gasteiger partial charge in [0.25, 0.3) is 0 Å². The van der Waals surface area contributed by atoms with Crippen molar-refractivity contribution in [3.05, 3.63) is 36.0 Å². The van der Waals surface area contributed by atoms with Crippen LogP contribution in [-0.4, -0.2) is 37.4 Å². The van der Waals surface area contributed by atoms with Crippen molar-refractivity contribution in [2.24, 2.45) is 0 Å². The molecular weight excluding hydrogens is 306 g/mol. The summed E-state index contributed by atoms with van der Waals surface area (Å²) >= 11 is 0. The molecule has 1 aromatic carbocycles. The zero-order valence-electron chi connectivity index (χ0n) is 14.4. The van der Waals surface area contributed by atoms with Crippen molar-refractivity contribution in [1.29, 1.82) is 0 Å². The zero-order chi connectivity index (χ0) is 17.3. The van der Waals surface area contributed by atoms with Gasteiger partial charge in [0.15, 0.2) is 5.82 Å². The van der Waals surface area contributed by atoms with E-state index in [2.05, 4.69) is 20.4 Å². The molecule has 0 aliphatic heterocycles. The third-order valence-corrected chi connectivity index (χ3v) is 3.62. The monoisotopic (exact) mass is 329 g/mol. The van der Waals surface area contributed by atoms with Gasteiger partial charge in [-0.3, -0.25) is 0 Å². The second-order valence-electron chi connectivity index (χ2n) is 7.01. The van der Waals surface area contributed by atoms with Crippen LogP contribution in [-0.2, 0) is 12.0 Å². The lowest BCUT2D eigenvalue weighted by atomic mass is 9.97. The van der Waals surface area contributed by atoms with E-state index in [0.717, 1.165) is 11.0 Å². The molecule has 3 rings (SSSR count). The van der Waals surface area contributed by atoms with E-state index in [4.69, 9.17) is 4.52 Å². The average molecular weight is 329 g/mol. The van der Waals surface area contributed by atoms with Crippen LogP contribution in [0.2, 0.25) is 0 Å². The van der Waals surface area contributed by atoms with E-state index >= 15 is 0 Å². The molecule has 1 unspecified atom stereocenters. The van der Waals surface area contributed by atoms with E-state index in [-0.39, 0.29) is 5.41 Å². The molecule has 0 spiro atoms. The number of nitrogens with zero attached hydrogens (tertiary/aromatic N) is 4. The summed E-state index contributed by atoms with van der Waals surface area (Å²) in [7, 11) is 0. The molecule has 128 valence electrons. The third kappa shape index (κ3) is 3.41. The normalized spacial score (nSPS) is 13.4. The molecule has 24 heavy (non-hydrogen) atoms. The van der Waals surface area contributed by atoms with Gasteiger partial charge in [-0.15, -0.1) is 0 Å². The van der Waals surface area contributed by atoms with Gasteiger partial charge in [0.1, 0.15) is 0 Å². The van der Waals surface area contributed by atoms with Gasteiger partial charge in [0.05, 0.1) is 23.7 Å². The minimum absolute atomic E-state index is 0.185. The van der Waals surface area contributed by atoms with Gasteiger partial charge in [0, 0.05) is 12.0 Å². The van der Waals surface area contributed by atoms with Gasteiger partial charge < -0.3 is 19.5 Å². The SMILES string of the molecule is CC(O)CNc1nc2ccccc2n1Cc1noc(C(C)(C)C)n1. The largest absolute Gasteiger partial charge is 0.392 e. The number of aromatic nitrogens is 4. The van der Waals surface area contributed by atoms with E-state index in [9.17, 15) is 5.11 Å². The van der Waals surface area contributed by atoms with Crippen molar-refractivity contribution < 1.29 is 9.63 Å². The fraction of sp³-hybridized carbons (Fsp3) is 0.471. The Kier molecular flexibility index (Phi) is 4.28. The van der Waals surface area contributed by atoms with Crippen molar-refractivity contribution in [2.75, 3.05) is 11.9 Å². The summed E-state index contributed by atoms with van der Waals surface area (Å²) in [6.07, 6.45) is -0.462.